The standard InChI is InChI=1S/C19H26N2O3/c1-6-10-20(11-7-2)16(22)15-14-19(15)8-12-21(13-9-19)17(23)24-18(3,4)5/h1-2,15H,8-14H2,3-5H3. The molecule has 1 heterocycles. The second kappa shape index (κ2) is 6.77. The van der Waals surface area contributed by atoms with Gasteiger partial charge in [0, 0.05) is 19.0 Å². The summed E-state index contributed by atoms with van der Waals surface area (Å²) in [5, 5.41) is 0. The fraction of sp³-hybridized carbons (Fsp3) is 0.684. The number of amides is 2. The lowest BCUT2D eigenvalue weighted by atomic mass is 9.90. The van der Waals surface area contributed by atoms with Crippen molar-refractivity contribution in [2.75, 3.05) is 26.2 Å². The van der Waals surface area contributed by atoms with Gasteiger partial charge in [-0.05, 0) is 45.4 Å². The van der Waals surface area contributed by atoms with E-state index >= 15 is 0 Å². The molecule has 1 atom stereocenters. The number of rotatable bonds is 3. The molecule has 2 fully saturated rings. The Balaban J connectivity index is 1.89. The third-order valence-electron chi connectivity index (χ3n) is 4.77. The number of piperidine rings is 1. The Kier molecular flexibility index (Phi) is 5.13. The molecule has 0 bridgehead atoms. The Morgan fingerprint density at radius 1 is 1.21 bits per heavy atom. The summed E-state index contributed by atoms with van der Waals surface area (Å²) < 4.78 is 5.41. The zero-order chi connectivity index (χ0) is 18.0. The molecule has 0 aromatic heterocycles. The molecule has 130 valence electrons. The van der Waals surface area contributed by atoms with Crippen LogP contribution in [0.15, 0.2) is 0 Å². The largest absolute Gasteiger partial charge is 0.444 e. The van der Waals surface area contributed by atoms with Crippen LogP contribution in [0.4, 0.5) is 4.79 Å². The molecule has 0 N–H and O–H groups in total. The first kappa shape index (κ1) is 18.2. The molecule has 5 nitrogen and oxygen atoms in total. The van der Waals surface area contributed by atoms with Crippen LogP contribution in [-0.4, -0.2) is 53.6 Å². The second-order valence-corrected chi connectivity index (χ2v) is 7.69. The maximum Gasteiger partial charge on any atom is 0.410 e. The van der Waals surface area contributed by atoms with Crippen LogP contribution in [0, 0.1) is 36.0 Å². The van der Waals surface area contributed by atoms with E-state index in [9.17, 15) is 9.59 Å². The topological polar surface area (TPSA) is 49.9 Å². The number of likely N-dealkylation sites (tertiary alicyclic amines) is 1. The summed E-state index contributed by atoms with van der Waals surface area (Å²) in [5.74, 6) is 5.02. The van der Waals surface area contributed by atoms with Crippen molar-refractivity contribution in [3.05, 3.63) is 0 Å². The Morgan fingerprint density at radius 2 is 1.75 bits per heavy atom. The summed E-state index contributed by atoms with van der Waals surface area (Å²) in [7, 11) is 0. The summed E-state index contributed by atoms with van der Waals surface area (Å²) in [6.45, 7) is 7.33. The van der Waals surface area contributed by atoms with Gasteiger partial charge in [-0.15, -0.1) is 12.8 Å². The molecule has 2 aliphatic rings. The van der Waals surface area contributed by atoms with Gasteiger partial charge in [0.2, 0.25) is 5.91 Å². The number of carbonyl (C=O) groups excluding carboxylic acids is 2. The highest BCUT2D eigenvalue weighted by Crippen LogP contribution is 2.60. The molecule has 5 heteroatoms. The zero-order valence-electron chi connectivity index (χ0n) is 14.8. The van der Waals surface area contributed by atoms with Crippen molar-refractivity contribution in [1.29, 1.82) is 0 Å². The number of hydrogen-bond donors (Lipinski definition) is 0. The summed E-state index contributed by atoms with van der Waals surface area (Å²) >= 11 is 0. The van der Waals surface area contributed by atoms with Gasteiger partial charge in [-0.1, -0.05) is 11.8 Å². The number of hydrogen-bond acceptors (Lipinski definition) is 3. The monoisotopic (exact) mass is 330 g/mol. The van der Waals surface area contributed by atoms with Crippen molar-refractivity contribution in [3.8, 4) is 24.7 Å². The molecule has 1 aliphatic heterocycles. The molecule has 2 rings (SSSR count). The molecule has 24 heavy (non-hydrogen) atoms. The molecular formula is C19H26N2O3. The Morgan fingerprint density at radius 3 is 2.21 bits per heavy atom. The fourth-order valence-electron chi connectivity index (χ4n) is 3.36. The second-order valence-electron chi connectivity index (χ2n) is 7.69. The quantitative estimate of drug-likeness (QED) is 0.745. The van der Waals surface area contributed by atoms with Crippen molar-refractivity contribution >= 4 is 12.0 Å². The number of nitrogens with zero attached hydrogens (tertiary/aromatic N) is 2. The first-order valence-corrected chi connectivity index (χ1v) is 8.36. The third-order valence-corrected chi connectivity index (χ3v) is 4.77. The Bertz CT molecular complexity index is 567. The van der Waals surface area contributed by atoms with Gasteiger partial charge in [-0.3, -0.25) is 4.79 Å². The highest BCUT2D eigenvalue weighted by molar-refractivity contribution is 5.83. The lowest BCUT2D eigenvalue weighted by molar-refractivity contribution is -0.132. The van der Waals surface area contributed by atoms with Gasteiger partial charge in [-0.2, -0.15) is 0 Å². The molecule has 1 aliphatic carbocycles. The van der Waals surface area contributed by atoms with E-state index in [1.54, 1.807) is 9.80 Å². The van der Waals surface area contributed by atoms with Gasteiger partial charge in [0.05, 0.1) is 13.1 Å². The molecule has 1 unspecified atom stereocenters. The van der Waals surface area contributed by atoms with E-state index in [4.69, 9.17) is 17.6 Å². The first-order valence-electron chi connectivity index (χ1n) is 8.36. The first-order chi connectivity index (χ1) is 11.2. The molecule has 0 aromatic carbocycles. The fourth-order valence-corrected chi connectivity index (χ4v) is 3.36. The minimum atomic E-state index is -0.491. The molecule has 0 aromatic rings. The molecule has 1 spiro atoms. The number of carbonyl (C=O) groups is 2. The van der Waals surface area contributed by atoms with Gasteiger partial charge >= 0.3 is 6.09 Å². The van der Waals surface area contributed by atoms with E-state index in [0.717, 1.165) is 19.3 Å². The van der Waals surface area contributed by atoms with Crippen molar-refractivity contribution in [3.63, 3.8) is 0 Å². The summed E-state index contributed by atoms with van der Waals surface area (Å²) in [5.41, 5.74) is -0.480. The summed E-state index contributed by atoms with van der Waals surface area (Å²) in [4.78, 5) is 28.0. The SMILES string of the molecule is C#CCN(CC#C)C(=O)C1CC12CCN(C(=O)OC(C)(C)C)CC2. The van der Waals surface area contributed by atoms with Gasteiger partial charge < -0.3 is 14.5 Å². The lowest BCUT2D eigenvalue weighted by Crippen LogP contribution is -2.43. The van der Waals surface area contributed by atoms with Crippen molar-refractivity contribution in [1.82, 2.24) is 9.80 Å². The highest BCUT2D eigenvalue weighted by atomic mass is 16.6. The summed E-state index contributed by atoms with van der Waals surface area (Å²) in [6.07, 6.45) is 12.9. The number of terminal acetylenes is 2. The average Bonchev–Trinajstić information content (AvgIpc) is 3.19. The lowest BCUT2D eigenvalue weighted by Gasteiger charge is -2.34. The van der Waals surface area contributed by atoms with Crippen LogP contribution in [-0.2, 0) is 9.53 Å². The van der Waals surface area contributed by atoms with Gasteiger partial charge in [0.15, 0.2) is 0 Å². The third kappa shape index (κ3) is 4.03. The molecular weight excluding hydrogens is 304 g/mol. The molecule has 1 saturated carbocycles. The minimum absolute atomic E-state index is 0.0110. The van der Waals surface area contributed by atoms with Crippen LogP contribution in [0.25, 0.3) is 0 Å². The van der Waals surface area contributed by atoms with E-state index in [1.807, 2.05) is 20.8 Å². The van der Waals surface area contributed by atoms with Gasteiger partial charge in [0.1, 0.15) is 5.60 Å². The van der Waals surface area contributed by atoms with E-state index in [2.05, 4.69) is 11.8 Å². The average molecular weight is 330 g/mol. The maximum atomic E-state index is 12.6. The van der Waals surface area contributed by atoms with Gasteiger partial charge in [-0.25, -0.2) is 4.79 Å². The van der Waals surface area contributed by atoms with Crippen molar-refractivity contribution in [2.24, 2.45) is 11.3 Å². The number of ether oxygens (including phenoxy) is 1. The van der Waals surface area contributed by atoms with Gasteiger partial charge in [0.25, 0.3) is 0 Å². The minimum Gasteiger partial charge on any atom is -0.444 e. The molecule has 2 amide bonds. The van der Waals surface area contributed by atoms with Crippen molar-refractivity contribution < 1.29 is 14.3 Å². The predicted molar refractivity (Wildman–Crippen MR) is 91.8 cm³/mol. The van der Waals surface area contributed by atoms with E-state index in [0.29, 0.717) is 13.1 Å². The van der Waals surface area contributed by atoms with Crippen LogP contribution in [0.1, 0.15) is 40.0 Å². The Labute approximate surface area is 144 Å². The van der Waals surface area contributed by atoms with Crippen LogP contribution in [0.2, 0.25) is 0 Å². The summed E-state index contributed by atoms with van der Waals surface area (Å²) in [6, 6.07) is 0. The Hall–Kier alpha value is -2.14. The van der Waals surface area contributed by atoms with Crippen LogP contribution in [0.3, 0.4) is 0 Å². The van der Waals surface area contributed by atoms with E-state index in [1.165, 1.54) is 0 Å². The molecule has 0 radical (unpaired) electrons. The highest BCUT2D eigenvalue weighted by Gasteiger charge is 2.59. The normalized spacial score (nSPS) is 21.5. The smallest absolute Gasteiger partial charge is 0.410 e. The van der Waals surface area contributed by atoms with Crippen LogP contribution < -0.4 is 0 Å². The van der Waals surface area contributed by atoms with E-state index < -0.39 is 5.60 Å². The predicted octanol–water partition coefficient (Wildman–Crippen LogP) is 2.12. The maximum absolute atomic E-state index is 12.6. The van der Waals surface area contributed by atoms with E-state index in [-0.39, 0.29) is 36.4 Å². The molecule has 1 saturated heterocycles. The van der Waals surface area contributed by atoms with Crippen LogP contribution in [0.5, 0.6) is 0 Å². The van der Waals surface area contributed by atoms with Crippen molar-refractivity contribution in [2.45, 2.75) is 45.6 Å². The zero-order valence-corrected chi connectivity index (χ0v) is 14.8. The van der Waals surface area contributed by atoms with Crippen LogP contribution >= 0.6 is 0 Å².